The van der Waals surface area contributed by atoms with E-state index in [9.17, 15) is 13.6 Å². The molecule has 76 valence electrons. The lowest BCUT2D eigenvalue weighted by molar-refractivity contribution is -0.153. The number of alkyl halides is 2. The van der Waals surface area contributed by atoms with E-state index in [1.54, 1.807) is 13.8 Å². The zero-order valence-corrected chi connectivity index (χ0v) is 7.85. The van der Waals surface area contributed by atoms with Gasteiger partial charge in [-0.2, -0.15) is 0 Å². The highest BCUT2D eigenvalue weighted by Gasteiger charge is 2.43. The van der Waals surface area contributed by atoms with E-state index in [1.807, 2.05) is 0 Å². The minimum absolute atomic E-state index is 0.190. The van der Waals surface area contributed by atoms with Crippen LogP contribution in [0, 0.1) is 5.92 Å². The summed E-state index contributed by atoms with van der Waals surface area (Å²) in [6, 6.07) is 0. The molecule has 0 aliphatic heterocycles. The van der Waals surface area contributed by atoms with Gasteiger partial charge >= 0.3 is 5.97 Å². The van der Waals surface area contributed by atoms with Crippen molar-refractivity contribution in [1.82, 2.24) is 0 Å². The standard InChI is InChI=1S/C9H14F2O2/c1-6(2)13-8(12)7-3-4-9(10,11)5-7/h6-7H,3-5H2,1-2H3. The van der Waals surface area contributed by atoms with Crippen LogP contribution >= 0.6 is 0 Å². The van der Waals surface area contributed by atoms with Gasteiger partial charge in [0.05, 0.1) is 12.0 Å². The second kappa shape index (κ2) is 3.60. The van der Waals surface area contributed by atoms with Gasteiger partial charge in [0.2, 0.25) is 5.92 Å². The van der Waals surface area contributed by atoms with Gasteiger partial charge in [-0.05, 0) is 20.3 Å². The molecule has 0 aromatic rings. The van der Waals surface area contributed by atoms with E-state index in [1.165, 1.54) is 0 Å². The zero-order chi connectivity index (χ0) is 10.1. The van der Waals surface area contributed by atoms with Crippen LogP contribution in [-0.4, -0.2) is 18.0 Å². The van der Waals surface area contributed by atoms with Gasteiger partial charge in [0, 0.05) is 12.8 Å². The van der Waals surface area contributed by atoms with Crippen LogP contribution in [0.3, 0.4) is 0 Å². The number of halogens is 2. The molecular formula is C9H14F2O2. The Hall–Kier alpha value is -0.670. The average molecular weight is 192 g/mol. The molecule has 0 aromatic carbocycles. The van der Waals surface area contributed by atoms with E-state index in [2.05, 4.69) is 0 Å². The largest absolute Gasteiger partial charge is 0.463 e. The van der Waals surface area contributed by atoms with Crippen LogP contribution in [0.1, 0.15) is 33.1 Å². The molecule has 1 unspecified atom stereocenters. The molecule has 0 bridgehead atoms. The average Bonchev–Trinajstić information content (AvgIpc) is 2.28. The quantitative estimate of drug-likeness (QED) is 0.628. The van der Waals surface area contributed by atoms with Gasteiger partial charge in [-0.3, -0.25) is 4.79 Å². The Kier molecular flexibility index (Phi) is 2.88. The van der Waals surface area contributed by atoms with Gasteiger partial charge in [0.25, 0.3) is 0 Å². The SMILES string of the molecule is CC(C)OC(=O)C1CCC(F)(F)C1. The molecular weight excluding hydrogens is 178 g/mol. The van der Waals surface area contributed by atoms with Gasteiger partial charge in [-0.1, -0.05) is 0 Å². The normalized spacial score (nSPS) is 26.4. The molecule has 1 atom stereocenters. The number of carbonyl (C=O) groups is 1. The summed E-state index contributed by atoms with van der Waals surface area (Å²) < 4.78 is 30.2. The first-order valence-corrected chi connectivity index (χ1v) is 4.49. The van der Waals surface area contributed by atoms with Crippen molar-refractivity contribution >= 4 is 5.97 Å². The molecule has 1 fully saturated rings. The second-order valence-corrected chi connectivity index (χ2v) is 3.78. The molecule has 0 spiro atoms. The van der Waals surface area contributed by atoms with Crippen LogP contribution in [0.2, 0.25) is 0 Å². The Morgan fingerprint density at radius 2 is 2.15 bits per heavy atom. The second-order valence-electron chi connectivity index (χ2n) is 3.78. The van der Waals surface area contributed by atoms with Crippen molar-refractivity contribution in [2.45, 2.75) is 45.1 Å². The van der Waals surface area contributed by atoms with Crippen molar-refractivity contribution in [2.75, 3.05) is 0 Å². The summed E-state index contributed by atoms with van der Waals surface area (Å²) in [6.07, 6.45) is -0.510. The van der Waals surface area contributed by atoms with Gasteiger partial charge in [-0.15, -0.1) is 0 Å². The smallest absolute Gasteiger partial charge is 0.309 e. The first kappa shape index (κ1) is 10.4. The third-order valence-electron chi connectivity index (χ3n) is 2.09. The molecule has 0 saturated heterocycles. The summed E-state index contributed by atoms with van der Waals surface area (Å²) in [5.41, 5.74) is 0. The van der Waals surface area contributed by atoms with Crippen molar-refractivity contribution in [3.63, 3.8) is 0 Å². The highest BCUT2D eigenvalue weighted by molar-refractivity contribution is 5.73. The maximum atomic E-state index is 12.7. The van der Waals surface area contributed by atoms with E-state index in [-0.39, 0.29) is 25.4 Å². The number of ether oxygens (including phenoxy) is 1. The summed E-state index contributed by atoms with van der Waals surface area (Å²) in [7, 11) is 0. The van der Waals surface area contributed by atoms with Gasteiger partial charge < -0.3 is 4.74 Å². The van der Waals surface area contributed by atoms with Crippen LogP contribution < -0.4 is 0 Å². The van der Waals surface area contributed by atoms with E-state index in [4.69, 9.17) is 4.74 Å². The Balaban J connectivity index is 2.42. The maximum absolute atomic E-state index is 12.7. The third-order valence-corrected chi connectivity index (χ3v) is 2.09. The predicted octanol–water partition coefficient (Wildman–Crippen LogP) is 2.37. The summed E-state index contributed by atoms with van der Waals surface area (Å²) in [6.45, 7) is 3.43. The Bertz CT molecular complexity index is 202. The van der Waals surface area contributed by atoms with Crippen molar-refractivity contribution in [3.8, 4) is 0 Å². The van der Waals surface area contributed by atoms with Crippen molar-refractivity contribution in [2.24, 2.45) is 5.92 Å². The topological polar surface area (TPSA) is 26.3 Å². The Morgan fingerprint density at radius 1 is 1.54 bits per heavy atom. The van der Waals surface area contributed by atoms with Crippen LogP contribution in [0.5, 0.6) is 0 Å². The summed E-state index contributed by atoms with van der Waals surface area (Å²) in [5.74, 6) is -3.75. The van der Waals surface area contributed by atoms with Gasteiger partial charge in [0.1, 0.15) is 0 Å². The lowest BCUT2D eigenvalue weighted by Crippen LogP contribution is -2.20. The zero-order valence-electron chi connectivity index (χ0n) is 7.85. The first-order valence-electron chi connectivity index (χ1n) is 4.49. The number of esters is 1. The molecule has 0 N–H and O–H groups in total. The van der Waals surface area contributed by atoms with Crippen LogP contribution in [0.15, 0.2) is 0 Å². The molecule has 2 nitrogen and oxygen atoms in total. The molecule has 0 aromatic heterocycles. The van der Waals surface area contributed by atoms with Crippen LogP contribution in [0.25, 0.3) is 0 Å². The van der Waals surface area contributed by atoms with Crippen molar-refractivity contribution < 1.29 is 18.3 Å². The Morgan fingerprint density at radius 3 is 2.54 bits per heavy atom. The molecule has 1 aliphatic rings. The first-order chi connectivity index (χ1) is 5.91. The lowest BCUT2D eigenvalue weighted by atomic mass is 10.1. The molecule has 1 rings (SSSR count). The number of hydrogen-bond donors (Lipinski definition) is 0. The summed E-state index contributed by atoms with van der Waals surface area (Å²) in [4.78, 5) is 11.2. The van der Waals surface area contributed by atoms with Gasteiger partial charge in [-0.25, -0.2) is 8.78 Å². The number of carbonyl (C=O) groups excluding carboxylic acids is 1. The molecule has 13 heavy (non-hydrogen) atoms. The Labute approximate surface area is 76.3 Å². The fraction of sp³-hybridized carbons (Fsp3) is 0.889. The number of hydrogen-bond acceptors (Lipinski definition) is 2. The molecule has 1 saturated carbocycles. The number of rotatable bonds is 2. The highest BCUT2D eigenvalue weighted by Crippen LogP contribution is 2.39. The van der Waals surface area contributed by atoms with E-state index in [0.29, 0.717) is 0 Å². The fourth-order valence-corrected chi connectivity index (χ4v) is 1.48. The predicted molar refractivity (Wildman–Crippen MR) is 43.5 cm³/mol. The van der Waals surface area contributed by atoms with Gasteiger partial charge in [0.15, 0.2) is 0 Å². The van der Waals surface area contributed by atoms with E-state index < -0.39 is 17.8 Å². The fourth-order valence-electron chi connectivity index (χ4n) is 1.48. The highest BCUT2D eigenvalue weighted by atomic mass is 19.3. The van der Waals surface area contributed by atoms with E-state index >= 15 is 0 Å². The third kappa shape index (κ3) is 2.94. The van der Waals surface area contributed by atoms with Crippen molar-refractivity contribution in [3.05, 3.63) is 0 Å². The molecule has 4 heteroatoms. The molecule has 0 amide bonds. The molecule has 1 aliphatic carbocycles. The summed E-state index contributed by atoms with van der Waals surface area (Å²) >= 11 is 0. The minimum atomic E-state index is -2.67. The van der Waals surface area contributed by atoms with E-state index in [0.717, 1.165) is 0 Å². The maximum Gasteiger partial charge on any atom is 0.309 e. The minimum Gasteiger partial charge on any atom is -0.463 e. The summed E-state index contributed by atoms with van der Waals surface area (Å²) in [5, 5.41) is 0. The van der Waals surface area contributed by atoms with Crippen LogP contribution in [-0.2, 0) is 9.53 Å². The monoisotopic (exact) mass is 192 g/mol. The van der Waals surface area contributed by atoms with Crippen molar-refractivity contribution in [1.29, 1.82) is 0 Å². The molecule has 0 radical (unpaired) electrons. The van der Waals surface area contributed by atoms with Crippen LogP contribution in [0.4, 0.5) is 8.78 Å². The lowest BCUT2D eigenvalue weighted by Gasteiger charge is -2.12. The molecule has 0 heterocycles.